The fourth-order valence-corrected chi connectivity index (χ4v) is 2.47. The highest BCUT2D eigenvalue weighted by atomic mass is 19.1. The average Bonchev–Trinajstić information content (AvgIpc) is 3.02. The second-order valence-electron chi connectivity index (χ2n) is 5.39. The maximum atomic E-state index is 13.4. The zero-order valence-electron chi connectivity index (χ0n) is 12.8. The SMILES string of the molecule is O=C(COc1ccccc1F)N1CCC(Oc2cccc(F)n2)C1. The molecule has 1 aliphatic heterocycles. The van der Waals surface area contributed by atoms with Gasteiger partial charge in [-0.05, 0) is 18.2 Å². The van der Waals surface area contributed by atoms with Crippen LogP contribution >= 0.6 is 0 Å². The minimum atomic E-state index is -0.614. The van der Waals surface area contributed by atoms with Gasteiger partial charge in [0.25, 0.3) is 5.91 Å². The maximum Gasteiger partial charge on any atom is 0.260 e. The largest absolute Gasteiger partial charge is 0.481 e. The Morgan fingerprint density at radius 3 is 2.83 bits per heavy atom. The Hall–Kier alpha value is -2.70. The summed E-state index contributed by atoms with van der Waals surface area (Å²) in [5, 5.41) is 0. The molecule has 0 spiro atoms. The summed E-state index contributed by atoms with van der Waals surface area (Å²) < 4.78 is 37.3. The molecule has 0 N–H and O–H groups in total. The summed E-state index contributed by atoms with van der Waals surface area (Å²) in [6, 6.07) is 10.2. The molecule has 5 nitrogen and oxygen atoms in total. The van der Waals surface area contributed by atoms with Crippen LogP contribution in [0.1, 0.15) is 6.42 Å². The van der Waals surface area contributed by atoms with Crippen molar-refractivity contribution in [3.8, 4) is 11.6 Å². The number of nitrogens with zero attached hydrogens (tertiary/aromatic N) is 2. The smallest absolute Gasteiger partial charge is 0.260 e. The second kappa shape index (κ2) is 7.25. The van der Waals surface area contributed by atoms with E-state index in [1.54, 1.807) is 23.1 Å². The fraction of sp³-hybridized carbons (Fsp3) is 0.294. The summed E-state index contributed by atoms with van der Waals surface area (Å²) in [6.07, 6.45) is 0.362. The third-order valence-corrected chi connectivity index (χ3v) is 3.66. The van der Waals surface area contributed by atoms with Gasteiger partial charge in [0.05, 0.1) is 6.54 Å². The molecule has 0 bridgehead atoms. The van der Waals surface area contributed by atoms with E-state index in [2.05, 4.69) is 4.98 Å². The number of likely N-dealkylation sites (tertiary alicyclic amines) is 1. The topological polar surface area (TPSA) is 51.7 Å². The van der Waals surface area contributed by atoms with Gasteiger partial charge < -0.3 is 14.4 Å². The van der Waals surface area contributed by atoms with Crippen molar-refractivity contribution >= 4 is 5.91 Å². The van der Waals surface area contributed by atoms with Crippen LogP contribution in [0.15, 0.2) is 42.5 Å². The first-order valence-corrected chi connectivity index (χ1v) is 7.56. The predicted molar refractivity (Wildman–Crippen MR) is 81.7 cm³/mol. The van der Waals surface area contributed by atoms with Crippen LogP contribution in [0.3, 0.4) is 0 Å². The van der Waals surface area contributed by atoms with Gasteiger partial charge in [-0.1, -0.05) is 18.2 Å². The number of para-hydroxylation sites is 1. The van der Waals surface area contributed by atoms with Gasteiger partial charge in [-0.2, -0.15) is 9.37 Å². The van der Waals surface area contributed by atoms with Crippen LogP contribution < -0.4 is 9.47 Å². The molecule has 1 amide bonds. The molecule has 7 heteroatoms. The van der Waals surface area contributed by atoms with Crippen molar-refractivity contribution in [3.63, 3.8) is 0 Å². The number of benzene rings is 1. The van der Waals surface area contributed by atoms with Gasteiger partial charge in [-0.15, -0.1) is 0 Å². The molecule has 1 aliphatic rings. The quantitative estimate of drug-likeness (QED) is 0.788. The van der Waals surface area contributed by atoms with E-state index in [1.165, 1.54) is 24.3 Å². The van der Waals surface area contributed by atoms with Crippen molar-refractivity contribution in [1.82, 2.24) is 9.88 Å². The maximum absolute atomic E-state index is 13.4. The van der Waals surface area contributed by atoms with Crippen LogP contribution in [0.2, 0.25) is 0 Å². The molecule has 2 heterocycles. The number of hydrogen-bond donors (Lipinski definition) is 0. The van der Waals surface area contributed by atoms with E-state index in [4.69, 9.17) is 9.47 Å². The summed E-state index contributed by atoms with van der Waals surface area (Å²) in [5.74, 6) is -1.14. The van der Waals surface area contributed by atoms with Crippen LogP contribution in [0, 0.1) is 11.8 Å². The molecule has 1 saturated heterocycles. The van der Waals surface area contributed by atoms with Crippen molar-refractivity contribution in [1.29, 1.82) is 0 Å². The Morgan fingerprint density at radius 2 is 2.04 bits per heavy atom. The number of hydrogen-bond acceptors (Lipinski definition) is 4. The molecule has 1 fully saturated rings. The molecule has 126 valence electrons. The predicted octanol–water partition coefficient (Wildman–Crippen LogP) is 2.42. The van der Waals surface area contributed by atoms with E-state index in [0.29, 0.717) is 19.5 Å². The first-order valence-electron chi connectivity index (χ1n) is 7.56. The van der Waals surface area contributed by atoms with Crippen LogP contribution in [-0.4, -0.2) is 41.6 Å². The van der Waals surface area contributed by atoms with E-state index >= 15 is 0 Å². The number of rotatable bonds is 5. The number of ether oxygens (including phenoxy) is 2. The lowest BCUT2D eigenvalue weighted by Gasteiger charge is -2.17. The van der Waals surface area contributed by atoms with Gasteiger partial charge in [0.2, 0.25) is 11.8 Å². The Kier molecular flexibility index (Phi) is 4.88. The highest BCUT2D eigenvalue weighted by Gasteiger charge is 2.28. The molecule has 0 radical (unpaired) electrons. The summed E-state index contributed by atoms with van der Waals surface area (Å²) in [6.45, 7) is 0.614. The Balaban J connectivity index is 1.50. The number of halogens is 2. The van der Waals surface area contributed by atoms with Crippen molar-refractivity contribution in [3.05, 3.63) is 54.2 Å². The molecule has 1 aromatic carbocycles. The van der Waals surface area contributed by atoms with E-state index in [9.17, 15) is 13.6 Å². The standard InChI is InChI=1S/C17H16F2N2O3/c18-13-4-1-2-5-14(13)23-11-17(22)21-9-8-12(10-21)24-16-7-3-6-15(19)20-16/h1-7,12H,8-11H2. The van der Waals surface area contributed by atoms with Gasteiger partial charge in [-0.3, -0.25) is 4.79 Å². The molecule has 1 atom stereocenters. The van der Waals surface area contributed by atoms with Gasteiger partial charge in [0, 0.05) is 19.0 Å². The van der Waals surface area contributed by atoms with Crippen LogP contribution in [0.25, 0.3) is 0 Å². The van der Waals surface area contributed by atoms with Crippen LogP contribution in [0.5, 0.6) is 11.6 Å². The average molecular weight is 334 g/mol. The molecule has 1 aromatic heterocycles. The molecule has 0 saturated carbocycles. The molecule has 3 rings (SSSR count). The summed E-state index contributed by atoms with van der Waals surface area (Å²) in [4.78, 5) is 17.3. The van der Waals surface area contributed by atoms with Crippen molar-refractivity contribution in [2.24, 2.45) is 0 Å². The number of pyridine rings is 1. The van der Waals surface area contributed by atoms with E-state index in [0.717, 1.165) is 0 Å². The van der Waals surface area contributed by atoms with Gasteiger partial charge in [-0.25, -0.2) is 4.39 Å². The zero-order valence-corrected chi connectivity index (χ0v) is 12.8. The summed E-state index contributed by atoms with van der Waals surface area (Å²) >= 11 is 0. The molecule has 24 heavy (non-hydrogen) atoms. The highest BCUT2D eigenvalue weighted by molar-refractivity contribution is 5.78. The minimum absolute atomic E-state index is 0.0433. The lowest BCUT2D eigenvalue weighted by atomic mass is 10.3. The normalized spacial score (nSPS) is 16.9. The first-order chi connectivity index (χ1) is 11.6. The van der Waals surface area contributed by atoms with Gasteiger partial charge in [0.15, 0.2) is 18.2 Å². The Labute approximate surface area is 137 Å². The lowest BCUT2D eigenvalue weighted by Crippen LogP contribution is -2.34. The summed E-state index contributed by atoms with van der Waals surface area (Å²) in [7, 11) is 0. The number of amides is 1. The number of carbonyl (C=O) groups is 1. The molecule has 2 aromatic rings. The Morgan fingerprint density at radius 1 is 1.21 bits per heavy atom. The second-order valence-corrected chi connectivity index (χ2v) is 5.39. The third kappa shape index (κ3) is 3.98. The molecule has 0 aliphatic carbocycles. The molecular formula is C17H16F2N2O3. The third-order valence-electron chi connectivity index (χ3n) is 3.66. The van der Waals surface area contributed by atoms with Gasteiger partial charge in [0.1, 0.15) is 6.10 Å². The lowest BCUT2D eigenvalue weighted by molar-refractivity contribution is -0.132. The Bertz CT molecular complexity index is 726. The van der Waals surface area contributed by atoms with Crippen molar-refractivity contribution in [2.75, 3.05) is 19.7 Å². The number of aromatic nitrogens is 1. The highest BCUT2D eigenvalue weighted by Crippen LogP contribution is 2.18. The molecule has 1 unspecified atom stereocenters. The monoisotopic (exact) mass is 334 g/mol. The fourth-order valence-electron chi connectivity index (χ4n) is 2.47. The van der Waals surface area contributed by atoms with E-state index in [-0.39, 0.29) is 30.2 Å². The first kappa shape index (κ1) is 16.2. The van der Waals surface area contributed by atoms with Crippen molar-refractivity contribution < 1.29 is 23.0 Å². The number of carbonyl (C=O) groups excluding carboxylic acids is 1. The van der Waals surface area contributed by atoms with Crippen LogP contribution in [0.4, 0.5) is 8.78 Å². The van der Waals surface area contributed by atoms with Crippen molar-refractivity contribution in [2.45, 2.75) is 12.5 Å². The van der Waals surface area contributed by atoms with E-state index < -0.39 is 11.8 Å². The van der Waals surface area contributed by atoms with Crippen LogP contribution in [-0.2, 0) is 4.79 Å². The minimum Gasteiger partial charge on any atom is -0.481 e. The summed E-state index contributed by atoms with van der Waals surface area (Å²) in [5.41, 5.74) is 0. The van der Waals surface area contributed by atoms with E-state index in [1.807, 2.05) is 0 Å². The zero-order chi connectivity index (χ0) is 16.9. The van der Waals surface area contributed by atoms with Gasteiger partial charge >= 0.3 is 0 Å². The molecular weight excluding hydrogens is 318 g/mol.